The number of aromatic nitrogens is 2. The maximum Gasteiger partial charge on any atom is 0.141 e. The molecule has 0 unspecified atom stereocenters. The molecule has 0 saturated carbocycles. The first-order chi connectivity index (χ1) is 8.63. The molecule has 0 saturated heterocycles. The predicted molar refractivity (Wildman–Crippen MR) is 75.0 cm³/mol. The van der Waals surface area contributed by atoms with Crippen LogP contribution in [0.3, 0.4) is 0 Å². The number of nitrogens with two attached hydrogens (primary N) is 1. The Bertz CT molecular complexity index is 551. The molecular weight excluding hydrogens is 224 g/mol. The molecule has 1 aromatic heterocycles. The van der Waals surface area contributed by atoms with Crippen LogP contribution < -0.4 is 10.6 Å². The molecule has 2 rings (SSSR count). The van der Waals surface area contributed by atoms with Crippen molar-refractivity contribution in [2.24, 2.45) is 0 Å². The molecule has 18 heavy (non-hydrogen) atoms. The van der Waals surface area contributed by atoms with Gasteiger partial charge in [-0.25, -0.2) is 9.97 Å². The van der Waals surface area contributed by atoms with Crippen LogP contribution >= 0.6 is 0 Å². The van der Waals surface area contributed by atoms with E-state index in [1.165, 1.54) is 11.9 Å². The van der Waals surface area contributed by atoms with Gasteiger partial charge in [-0.1, -0.05) is 12.1 Å². The fourth-order valence-electron chi connectivity index (χ4n) is 1.98. The SMILES string of the molecule is CCN(c1cccc(C)c1)c1ncnc(N)c1C. The first-order valence-electron chi connectivity index (χ1n) is 6.04. The second-order valence-electron chi connectivity index (χ2n) is 4.29. The van der Waals surface area contributed by atoms with Gasteiger partial charge in [0.15, 0.2) is 0 Å². The van der Waals surface area contributed by atoms with E-state index < -0.39 is 0 Å². The standard InChI is InChI=1S/C14H18N4/c1-4-18(12-7-5-6-10(2)8-12)14-11(3)13(15)16-9-17-14/h5-9H,4H2,1-3H3,(H2,15,16,17). The number of hydrogen-bond donors (Lipinski definition) is 1. The van der Waals surface area contributed by atoms with E-state index in [1.54, 1.807) is 0 Å². The fraction of sp³-hybridized carbons (Fsp3) is 0.286. The minimum Gasteiger partial charge on any atom is -0.383 e. The van der Waals surface area contributed by atoms with Gasteiger partial charge in [0, 0.05) is 17.8 Å². The van der Waals surface area contributed by atoms with Crippen molar-refractivity contribution in [2.75, 3.05) is 17.2 Å². The van der Waals surface area contributed by atoms with E-state index in [-0.39, 0.29) is 0 Å². The second kappa shape index (κ2) is 5.04. The molecule has 0 atom stereocenters. The van der Waals surface area contributed by atoms with Crippen LogP contribution in [0.25, 0.3) is 0 Å². The first kappa shape index (κ1) is 12.4. The van der Waals surface area contributed by atoms with Gasteiger partial charge in [-0.15, -0.1) is 0 Å². The van der Waals surface area contributed by atoms with Crippen LogP contribution in [-0.2, 0) is 0 Å². The van der Waals surface area contributed by atoms with E-state index in [2.05, 4.69) is 46.9 Å². The molecule has 1 aromatic carbocycles. The van der Waals surface area contributed by atoms with E-state index in [1.807, 2.05) is 13.0 Å². The lowest BCUT2D eigenvalue weighted by Crippen LogP contribution is -2.19. The van der Waals surface area contributed by atoms with Crippen molar-refractivity contribution in [3.63, 3.8) is 0 Å². The van der Waals surface area contributed by atoms with Crippen molar-refractivity contribution in [3.8, 4) is 0 Å². The van der Waals surface area contributed by atoms with Gasteiger partial charge in [0.2, 0.25) is 0 Å². The van der Waals surface area contributed by atoms with Crippen molar-refractivity contribution in [1.82, 2.24) is 9.97 Å². The molecule has 0 aliphatic rings. The van der Waals surface area contributed by atoms with Crippen LogP contribution in [0.15, 0.2) is 30.6 Å². The smallest absolute Gasteiger partial charge is 0.141 e. The summed E-state index contributed by atoms with van der Waals surface area (Å²) < 4.78 is 0. The normalized spacial score (nSPS) is 10.4. The Morgan fingerprint density at radius 3 is 2.67 bits per heavy atom. The average Bonchev–Trinajstić information content (AvgIpc) is 2.35. The van der Waals surface area contributed by atoms with Crippen molar-refractivity contribution in [1.29, 1.82) is 0 Å². The molecule has 0 amide bonds. The van der Waals surface area contributed by atoms with E-state index >= 15 is 0 Å². The molecule has 4 heteroatoms. The van der Waals surface area contributed by atoms with Crippen molar-refractivity contribution < 1.29 is 0 Å². The lowest BCUT2D eigenvalue weighted by atomic mass is 10.2. The number of rotatable bonds is 3. The largest absolute Gasteiger partial charge is 0.383 e. The molecular formula is C14H18N4. The summed E-state index contributed by atoms with van der Waals surface area (Å²) in [6, 6.07) is 8.35. The highest BCUT2D eigenvalue weighted by Gasteiger charge is 2.13. The lowest BCUT2D eigenvalue weighted by molar-refractivity contribution is 0.964. The quantitative estimate of drug-likeness (QED) is 0.899. The summed E-state index contributed by atoms with van der Waals surface area (Å²) in [5.74, 6) is 1.40. The van der Waals surface area contributed by atoms with Gasteiger partial charge < -0.3 is 10.6 Å². The third kappa shape index (κ3) is 2.27. The maximum absolute atomic E-state index is 5.84. The third-order valence-electron chi connectivity index (χ3n) is 2.98. The van der Waals surface area contributed by atoms with Gasteiger partial charge in [0.25, 0.3) is 0 Å². The Hall–Kier alpha value is -2.10. The summed E-state index contributed by atoms with van der Waals surface area (Å²) in [4.78, 5) is 10.5. The predicted octanol–water partition coefficient (Wildman–Crippen LogP) is 2.83. The molecule has 0 aliphatic heterocycles. The van der Waals surface area contributed by atoms with Gasteiger partial charge in [-0.3, -0.25) is 0 Å². The van der Waals surface area contributed by atoms with Crippen LogP contribution in [0, 0.1) is 13.8 Å². The number of benzene rings is 1. The van der Waals surface area contributed by atoms with Gasteiger partial charge in [0.05, 0.1) is 0 Å². The Labute approximate surface area is 107 Å². The molecule has 94 valence electrons. The van der Waals surface area contributed by atoms with Crippen molar-refractivity contribution >= 4 is 17.3 Å². The number of nitrogens with zero attached hydrogens (tertiary/aromatic N) is 3. The Morgan fingerprint density at radius 2 is 2.00 bits per heavy atom. The van der Waals surface area contributed by atoms with Crippen LogP contribution in [0.2, 0.25) is 0 Å². The highest BCUT2D eigenvalue weighted by Crippen LogP contribution is 2.28. The highest BCUT2D eigenvalue weighted by molar-refractivity contribution is 5.66. The Balaban J connectivity index is 2.49. The molecule has 2 N–H and O–H groups in total. The Morgan fingerprint density at radius 1 is 1.22 bits per heavy atom. The minimum absolute atomic E-state index is 0.533. The molecule has 0 fully saturated rings. The third-order valence-corrected chi connectivity index (χ3v) is 2.98. The molecule has 0 spiro atoms. The summed E-state index contributed by atoms with van der Waals surface area (Å²) in [6.07, 6.45) is 1.51. The van der Waals surface area contributed by atoms with Gasteiger partial charge in [0.1, 0.15) is 18.0 Å². The van der Waals surface area contributed by atoms with Gasteiger partial charge in [-0.05, 0) is 38.5 Å². The zero-order valence-corrected chi connectivity index (χ0v) is 11.0. The number of nitrogen functional groups attached to an aromatic ring is 1. The highest BCUT2D eigenvalue weighted by atomic mass is 15.2. The summed E-state index contributed by atoms with van der Waals surface area (Å²) in [7, 11) is 0. The zero-order valence-electron chi connectivity index (χ0n) is 11.0. The Kier molecular flexibility index (Phi) is 3.46. The minimum atomic E-state index is 0.533. The molecule has 0 radical (unpaired) electrons. The van der Waals surface area contributed by atoms with Gasteiger partial charge in [-0.2, -0.15) is 0 Å². The van der Waals surface area contributed by atoms with Gasteiger partial charge >= 0.3 is 0 Å². The molecule has 0 bridgehead atoms. The number of aryl methyl sites for hydroxylation is 1. The number of hydrogen-bond acceptors (Lipinski definition) is 4. The van der Waals surface area contributed by atoms with Crippen LogP contribution in [-0.4, -0.2) is 16.5 Å². The van der Waals surface area contributed by atoms with E-state index in [0.717, 1.165) is 23.6 Å². The number of anilines is 3. The van der Waals surface area contributed by atoms with Crippen molar-refractivity contribution in [2.45, 2.75) is 20.8 Å². The lowest BCUT2D eigenvalue weighted by Gasteiger charge is -2.24. The topological polar surface area (TPSA) is 55.0 Å². The van der Waals surface area contributed by atoms with E-state index in [0.29, 0.717) is 5.82 Å². The van der Waals surface area contributed by atoms with Crippen LogP contribution in [0.4, 0.5) is 17.3 Å². The summed E-state index contributed by atoms with van der Waals surface area (Å²) in [5.41, 5.74) is 9.11. The van der Waals surface area contributed by atoms with E-state index in [9.17, 15) is 0 Å². The summed E-state index contributed by atoms with van der Waals surface area (Å²) in [6.45, 7) is 6.96. The van der Waals surface area contributed by atoms with Crippen LogP contribution in [0.5, 0.6) is 0 Å². The van der Waals surface area contributed by atoms with Crippen LogP contribution in [0.1, 0.15) is 18.1 Å². The van der Waals surface area contributed by atoms with Crippen molar-refractivity contribution in [3.05, 3.63) is 41.7 Å². The molecule has 0 aliphatic carbocycles. The maximum atomic E-state index is 5.84. The first-order valence-corrected chi connectivity index (χ1v) is 6.04. The molecule has 1 heterocycles. The van der Waals surface area contributed by atoms with E-state index in [4.69, 9.17) is 5.73 Å². The average molecular weight is 242 g/mol. The molecule has 4 nitrogen and oxygen atoms in total. The summed E-state index contributed by atoms with van der Waals surface area (Å²) in [5, 5.41) is 0. The fourth-order valence-corrected chi connectivity index (χ4v) is 1.98. The zero-order chi connectivity index (χ0) is 13.1. The second-order valence-corrected chi connectivity index (χ2v) is 4.29. The molecule has 2 aromatic rings. The summed E-state index contributed by atoms with van der Waals surface area (Å²) >= 11 is 0. The monoisotopic (exact) mass is 242 g/mol.